The Morgan fingerprint density at radius 1 is 1.35 bits per heavy atom. The molecule has 1 N–H and O–H groups in total. The highest BCUT2D eigenvalue weighted by molar-refractivity contribution is 7.14. The van der Waals surface area contributed by atoms with Gasteiger partial charge in [-0.15, -0.1) is 23.7 Å². The molecular weight excluding hydrogens is 292 g/mol. The summed E-state index contributed by atoms with van der Waals surface area (Å²) in [6.07, 6.45) is 6.23. The van der Waals surface area contributed by atoms with Crippen LogP contribution in [0.5, 0.6) is 0 Å². The molecule has 1 atom stereocenters. The number of rotatable bonds is 1. The van der Waals surface area contributed by atoms with Crippen LogP contribution in [0.3, 0.4) is 0 Å². The van der Waals surface area contributed by atoms with Gasteiger partial charge >= 0.3 is 0 Å². The number of hydrogen-bond acceptors (Lipinski definition) is 3. The number of halogens is 1. The third kappa shape index (κ3) is 3.18. The molecule has 1 saturated heterocycles. The van der Waals surface area contributed by atoms with E-state index in [-0.39, 0.29) is 18.3 Å². The lowest BCUT2D eigenvalue weighted by atomic mass is 10.1. The summed E-state index contributed by atoms with van der Waals surface area (Å²) < 4.78 is 0. The van der Waals surface area contributed by atoms with E-state index >= 15 is 0 Å². The first-order chi connectivity index (χ1) is 9.25. The quantitative estimate of drug-likeness (QED) is 0.808. The van der Waals surface area contributed by atoms with E-state index in [1.165, 1.54) is 36.1 Å². The van der Waals surface area contributed by atoms with Crippen LogP contribution in [0.4, 0.5) is 0 Å². The predicted molar refractivity (Wildman–Crippen MR) is 86.2 cm³/mol. The molecule has 1 aromatic rings. The lowest BCUT2D eigenvalue weighted by molar-refractivity contribution is 0.0660. The number of carbonyl (C=O) groups excluding carboxylic acids is 1. The maximum atomic E-state index is 12.6. The molecule has 20 heavy (non-hydrogen) atoms. The number of amides is 1. The minimum Gasteiger partial charge on any atom is -0.333 e. The zero-order chi connectivity index (χ0) is 13.2. The maximum absolute atomic E-state index is 12.6. The first-order valence-electron chi connectivity index (χ1n) is 7.39. The van der Waals surface area contributed by atoms with Crippen molar-refractivity contribution in [2.24, 2.45) is 0 Å². The van der Waals surface area contributed by atoms with Gasteiger partial charge in [0.2, 0.25) is 0 Å². The minimum atomic E-state index is 0. The first-order valence-corrected chi connectivity index (χ1v) is 8.20. The van der Waals surface area contributed by atoms with Crippen molar-refractivity contribution in [3.05, 3.63) is 21.4 Å². The molecule has 0 saturated carbocycles. The number of fused-ring (bicyclic) bond motifs is 1. The van der Waals surface area contributed by atoms with Crippen LogP contribution >= 0.6 is 23.7 Å². The summed E-state index contributed by atoms with van der Waals surface area (Å²) in [4.78, 5) is 17.1. The van der Waals surface area contributed by atoms with E-state index in [1.807, 2.05) is 4.90 Å². The summed E-state index contributed by atoms with van der Waals surface area (Å²) in [5.74, 6) is 0.243. The van der Waals surface area contributed by atoms with Crippen molar-refractivity contribution in [3.8, 4) is 0 Å². The van der Waals surface area contributed by atoms with Gasteiger partial charge in [-0.05, 0) is 44.2 Å². The molecule has 0 aromatic carbocycles. The summed E-state index contributed by atoms with van der Waals surface area (Å²) >= 11 is 1.74. The average Bonchev–Trinajstić information content (AvgIpc) is 2.70. The van der Waals surface area contributed by atoms with Gasteiger partial charge in [-0.1, -0.05) is 6.42 Å². The number of hydrogen-bond donors (Lipinski definition) is 1. The Morgan fingerprint density at radius 3 is 2.95 bits per heavy atom. The van der Waals surface area contributed by atoms with Gasteiger partial charge in [0.15, 0.2) is 0 Å². The van der Waals surface area contributed by atoms with Crippen LogP contribution in [0, 0.1) is 0 Å². The van der Waals surface area contributed by atoms with Gasteiger partial charge in [-0.25, -0.2) is 0 Å². The van der Waals surface area contributed by atoms with Gasteiger partial charge in [0.05, 0.1) is 4.88 Å². The smallest absolute Gasteiger partial charge is 0.264 e. The van der Waals surface area contributed by atoms with Crippen LogP contribution in [-0.2, 0) is 12.8 Å². The normalized spacial score (nSPS) is 22.6. The second-order valence-electron chi connectivity index (χ2n) is 5.67. The molecule has 1 aliphatic heterocycles. The van der Waals surface area contributed by atoms with Crippen LogP contribution in [0.2, 0.25) is 0 Å². The third-order valence-corrected chi connectivity index (χ3v) is 5.44. The molecule has 3 rings (SSSR count). The molecule has 0 bridgehead atoms. The molecule has 1 unspecified atom stereocenters. The molecule has 112 valence electrons. The van der Waals surface area contributed by atoms with Gasteiger partial charge in [0.1, 0.15) is 0 Å². The molecule has 1 amide bonds. The van der Waals surface area contributed by atoms with E-state index in [4.69, 9.17) is 0 Å². The van der Waals surface area contributed by atoms with Crippen molar-refractivity contribution in [1.82, 2.24) is 10.2 Å². The van der Waals surface area contributed by atoms with E-state index in [0.29, 0.717) is 6.04 Å². The maximum Gasteiger partial charge on any atom is 0.264 e. The molecule has 2 heterocycles. The molecule has 0 spiro atoms. The molecular formula is C15H23ClN2OS. The number of thiophene rings is 1. The van der Waals surface area contributed by atoms with Gasteiger partial charge in [0.25, 0.3) is 5.91 Å². The van der Waals surface area contributed by atoms with E-state index in [9.17, 15) is 4.79 Å². The standard InChI is InChI=1S/C15H22N2OS.ClH/c1-11-10-16-7-8-17(11)15(18)14-9-12-5-3-2-4-6-13(12)19-14;/h9,11,16H,2-8,10H2,1H3;1H. The van der Waals surface area contributed by atoms with Crippen LogP contribution < -0.4 is 5.32 Å². The van der Waals surface area contributed by atoms with Crippen LogP contribution in [0.1, 0.15) is 46.3 Å². The van der Waals surface area contributed by atoms with Crippen LogP contribution in [-0.4, -0.2) is 36.5 Å². The van der Waals surface area contributed by atoms with Crippen molar-refractivity contribution in [1.29, 1.82) is 0 Å². The Hall–Kier alpha value is -0.580. The molecule has 1 aliphatic carbocycles. The molecule has 1 aromatic heterocycles. The van der Waals surface area contributed by atoms with Crippen molar-refractivity contribution in [2.45, 2.75) is 45.1 Å². The Morgan fingerprint density at radius 2 is 2.15 bits per heavy atom. The molecule has 3 nitrogen and oxygen atoms in total. The van der Waals surface area contributed by atoms with Crippen LogP contribution in [0.15, 0.2) is 6.07 Å². The Balaban J connectivity index is 0.00000147. The predicted octanol–water partition coefficient (Wildman–Crippen LogP) is 2.87. The highest BCUT2D eigenvalue weighted by Gasteiger charge is 2.26. The van der Waals surface area contributed by atoms with Crippen molar-refractivity contribution in [3.63, 3.8) is 0 Å². The van der Waals surface area contributed by atoms with Crippen LogP contribution in [0.25, 0.3) is 0 Å². The fourth-order valence-corrected chi connectivity index (χ4v) is 4.27. The summed E-state index contributed by atoms with van der Waals surface area (Å²) in [7, 11) is 0. The molecule has 1 fully saturated rings. The molecule has 2 aliphatic rings. The lowest BCUT2D eigenvalue weighted by Crippen LogP contribution is -2.52. The highest BCUT2D eigenvalue weighted by Crippen LogP contribution is 2.30. The number of nitrogens with zero attached hydrogens (tertiary/aromatic N) is 1. The molecule has 5 heteroatoms. The van der Waals surface area contributed by atoms with Gasteiger partial charge < -0.3 is 10.2 Å². The van der Waals surface area contributed by atoms with Crippen molar-refractivity contribution in [2.75, 3.05) is 19.6 Å². The van der Waals surface area contributed by atoms with E-state index in [2.05, 4.69) is 18.3 Å². The van der Waals surface area contributed by atoms with Gasteiger partial charge in [-0.3, -0.25) is 4.79 Å². The number of piperazine rings is 1. The fraction of sp³-hybridized carbons (Fsp3) is 0.667. The second kappa shape index (κ2) is 6.92. The van der Waals surface area contributed by atoms with Gasteiger partial charge in [-0.2, -0.15) is 0 Å². The zero-order valence-electron chi connectivity index (χ0n) is 12.0. The average molecular weight is 315 g/mol. The summed E-state index contributed by atoms with van der Waals surface area (Å²) in [5.41, 5.74) is 1.44. The first kappa shape index (κ1) is 15.8. The van der Waals surface area contributed by atoms with Crippen molar-refractivity contribution >= 4 is 29.7 Å². The topological polar surface area (TPSA) is 32.3 Å². The zero-order valence-corrected chi connectivity index (χ0v) is 13.6. The largest absolute Gasteiger partial charge is 0.333 e. The third-order valence-electron chi connectivity index (χ3n) is 4.22. The van der Waals surface area contributed by atoms with E-state index < -0.39 is 0 Å². The lowest BCUT2D eigenvalue weighted by Gasteiger charge is -2.33. The van der Waals surface area contributed by atoms with Crippen molar-refractivity contribution < 1.29 is 4.79 Å². The fourth-order valence-electron chi connectivity index (χ4n) is 3.06. The van der Waals surface area contributed by atoms with Gasteiger partial charge in [0, 0.05) is 30.6 Å². The monoisotopic (exact) mass is 314 g/mol. The number of aryl methyl sites for hydroxylation is 2. The Labute approximate surface area is 131 Å². The Kier molecular flexibility index (Phi) is 5.47. The Bertz CT molecular complexity index is 451. The SMILES string of the molecule is CC1CNCCN1C(=O)c1cc2c(s1)CCCCC2.Cl. The molecule has 0 radical (unpaired) electrons. The minimum absolute atomic E-state index is 0. The van der Waals surface area contributed by atoms with E-state index in [1.54, 1.807) is 11.3 Å². The summed E-state index contributed by atoms with van der Waals surface area (Å²) in [6.45, 7) is 4.79. The number of nitrogens with one attached hydrogen (secondary N) is 1. The summed E-state index contributed by atoms with van der Waals surface area (Å²) in [6, 6.07) is 2.48. The summed E-state index contributed by atoms with van der Waals surface area (Å²) in [5, 5.41) is 3.34. The second-order valence-corrected chi connectivity index (χ2v) is 6.81. The highest BCUT2D eigenvalue weighted by atomic mass is 35.5. The van der Waals surface area contributed by atoms with E-state index in [0.717, 1.165) is 30.9 Å². The number of carbonyl (C=O) groups is 1.